The van der Waals surface area contributed by atoms with Crippen molar-refractivity contribution in [3.63, 3.8) is 0 Å². The molecule has 4 rings (SSSR count). The summed E-state index contributed by atoms with van der Waals surface area (Å²) in [6.07, 6.45) is 2.41. The molecule has 0 fully saturated rings. The molecule has 0 aliphatic carbocycles. The molecule has 1 aromatic heterocycles. The molecule has 2 aromatic carbocycles. The zero-order valence-corrected chi connectivity index (χ0v) is 15.2. The Kier molecular flexibility index (Phi) is 5.29. The zero-order valence-electron chi connectivity index (χ0n) is 15.2. The van der Waals surface area contributed by atoms with Crippen LogP contribution in [-0.2, 0) is 4.79 Å². The minimum Gasteiger partial charge on any atom is -0.484 e. The van der Waals surface area contributed by atoms with Crippen molar-refractivity contribution in [2.24, 2.45) is 5.10 Å². The number of carbonyl (C=O) groups excluding carboxylic acids is 1. The molecule has 1 amide bonds. The summed E-state index contributed by atoms with van der Waals surface area (Å²) < 4.78 is 11.2. The van der Waals surface area contributed by atoms with Gasteiger partial charge in [-0.15, -0.1) is 0 Å². The van der Waals surface area contributed by atoms with Crippen molar-refractivity contribution in [2.45, 2.75) is 6.42 Å². The number of ether oxygens (including phenoxy) is 2. The largest absolute Gasteiger partial charge is 0.484 e. The Labute approximate surface area is 163 Å². The lowest BCUT2D eigenvalue weighted by Crippen LogP contribution is -2.28. The molecule has 0 bridgehead atoms. The molecule has 6 nitrogen and oxygen atoms in total. The Balaban J connectivity index is 1.31. The van der Waals surface area contributed by atoms with Gasteiger partial charge in [0.25, 0.3) is 5.91 Å². The number of aromatic nitrogens is 1. The number of nitrogens with zero attached hydrogens (tertiary/aromatic N) is 3. The number of benzene rings is 2. The van der Waals surface area contributed by atoms with Crippen LogP contribution in [-0.4, -0.2) is 34.8 Å². The number of amides is 1. The highest BCUT2D eigenvalue weighted by molar-refractivity contribution is 6.02. The van der Waals surface area contributed by atoms with Crippen LogP contribution in [0.15, 0.2) is 84.1 Å². The summed E-state index contributed by atoms with van der Waals surface area (Å²) in [4.78, 5) is 16.5. The molecule has 0 atom stereocenters. The van der Waals surface area contributed by atoms with Gasteiger partial charge in [0.05, 0.1) is 12.3 Å². The molecule has 1 aliphatic rings. The highest BCUT2D eigenvalue weighted by Gasteiger charge is 2.21. The summed E-state index contributed by atoms with van der Waals surface area (Å²) in [7, 11) is 0. The molecule has 3 aromatic rings. The van der Waals surface area contributed by atoms with Crippen LogP contribution >= 0.6 is 0 Å². The van der Waals surface area contributed by atoms with Gasteiger partial charge in [0.15, 0.2) is 6.61 Å². The highest BCUT2D eigenvalue weighted by atomic mass is 16.5. The van der Waals surface area contributed by atoms with Crippen molar-refractivity contribution in [1.82, 2.24) is 9.99 Å². The van der Waals surface area contributed by atoms with Gasteiger partial charge in [-0.1, -0.05) is 36.4 Å². The number of rotatable bonds is 6. The Hall–Kier alpha value is -3.67. The molecule has 0 radical (unpaired) electrons. The van der Waals surface area contributed by atoms with Crippen molar-refractivity contribution >= 4 is 11.6 Å². The van der Waals surface area contributed by atoms with Crippen LogP contribution in [0.2, 0.25) is 0 Å². The molecule has 0 unspecified atom stereocenters. The number of hydrogen-bond acceptors (Lipinski definition) is 5. The molecule has 0 spiro atoms. The van der Waals surface area contributed by atoms with Crippen molar-refractivity contribution in [3.05, 3.63) is 84.6 Å². The van der Waals surface area contributed by atoms with Gasteiger partial charge < -0.3 is 9.47 Å². The maximum absolute atomic E-state index is 12.4. The van der Waals surface area contributed by atoms with Crippen LogP contribution in [0.1, 0.15) is 12.0 Å². The molecule has 6 heteroatoms. The van der Waals surface area contributed by atoms with Crippen LogP contribution in [0.25, 0.3) is 0 Å². The van der Waals surface area contributed by atoms with Crippen LogP contribution in [0.3, 0.4) is 0 Å². The summed E-state index contributed by atoms with van der Waals surface area (Å²) >= 11 is 0. The summed E-state index contributed by atoms with van der Waals surface area (Å²) in [6, 6.07) is 22.4. The van der Waals surface area contributed by atoms with Crippen molar-refractivity contribution in [2.75, 3.05) is 13.2 Å². The molecule has 28 heavy (non-hydrogen) atoms. The molecule has 1 aliphatic heterocycles. The van der Waals surface area contributed by atoms with Gasteiger partial charge in [-0.25, -0.2) is 9.99 Å². The molecular formula is C22H19N3O3. The fraction of sp³-hybridized carbons (Fsp3) is 0.136. The van der Waals surface area contributed by atoms with E-state index < -0.39 is 0 Å². The second kappa shape index (κ2) is 8.35. The lowest BCUT2D eigenvalue weighted by Gasteiger charge is -2.12. The van der Waals surface area contributed by atoms with Crippen molar-refractivity contribution in [1.29, 1.82) is 0 Å². The van der Waals surface area contributed by atoms with Gasteiger partial charge in [-0.3, -0.25) is 4.79 Å². The number of hydrogen-bond donors (Lipinski definition) is 0. The zero-order chi connectivity index (χ0) is 19.2. The SMILES string of the molecule is O=C(COc1ccc(Oc2ccccn2)cc1)N1CCC(c2ccccc2)=N1. The van der Waals surface area contributed by atoms with E-state index in [-0.39, 0.29) is 12.5 Å². The molecule has 0 N–H and O–H groups in total. The maximum Gasteiger partial charge on any atom is 0.280 e. The van der Waals surface area contributed by atoms with Gasteiger partial charge >= 0.3 is 0 Å². The van der Waals surface area contributed by atoms with E-state index >= 15 is 0 Å². The Bertz CT molecular complexity index is 957. The summed E-state index contributed by atoms with van der Waals surface area (Å²) in [5, 5.41) is 5.90. The second-order valence-electron chi connectivity index (χ2n) is 6.21. The quantitative estimate of drug-likeness (QED) is 0.658. The smallest absolute Gasteiger partial charge is 0.280 e. The average Bonchev–Trinajstić information content (AvgIpc) is 3.25. The van der Waals surface area contributed by atoms with Gasteiger partial charge in [-0.2, -0.15) is 5.10 Å². The highest BCUT2D eigenvalue weighted by Crippen LogP contribution is 2.22. The average molecular weight is 373 g/mol. The fourth-order valence-electron chi connectivity index (χ4n) is 2.82. The normalized spacial score (nSPS) is 13.1. The summed E-state index contributed by atoms with van der Waals surface area (Å²) in [5.74, 6) is 1.59. The van der Waals surface area contributed by atoms with Gasteiger partial charge in [-0.05, 0) is 35.9 Å². The molecule has 140 valence electrons. The lowest BCUT2D eigenvalue weighted by atomic mass is 10.1. The summed E-state index contributed by atoms with van der Waals surface area (Å²) in [5.41, 5.74) is 1.96. The van der Waals surface area contributed by atoms with E-state index in [1.165, 1.54) is 5.01 Å². The van der Waals surface area contributed by atoms with E-state index in [4.69, 9.17) is 9.47 Å². The topological polar surface area (TPSA) is 64.0 Å². The van der Waals surface area contributed by atoms with E-state index in [0.29, 0.717) is 23.9 Å². The predicted octanol–water partition coefficient (Wildman–Crippen LogP) is 3.89. The van der Waals surface area contributed by atoms with Crippen LogP contribution in [0.4, 0.5) is 0 Å². The van der Waals surface area contributed by atoms with E-state index in [0.717, 1.165) is 17.7 Å². The number of hydrazone groups is 1. The first-order chi connectivity index (χ1) is 13.8. The van der Waals surface area contributed by atoms with E-state index in [2.05, 4.69) is 10.1 Å². The molecule has 2 heterocycles. The molecule has 0 saturated heterocycles. The minimum atomic E-state index is -0.167. The number of pyridine rings is 1. The standard InChI is InChI=1S/C22H19N3O3/c26-22(25-15-13-20(24-25)17-6-2-1-3-7-17)16-27-18-9-11-19(12-10-18)28-21-8-4-5-14-23-21/h1-12,14H,13,15-16H2. The fourth-order valence-corrected chi connectivity index (χ4v) is 2.82. The van der Waals surface area contributed by atoms with Gasteiger partial charge in [0.2, 0.25) is 5.88 Å². The third-order valence-electron chi connectivity index (χ3n) is 4.24. The lowest BCUT2D eigenvalue weighted by molar-refractivity contribution is -0.132. The van der Waals surface area contributed by atoms with E-state index in [1.807, 2.05) is 42.5 Å². The van der Waals surface area contributed by atoms with E-state index in [9.17, 15) is 4.79 Å². The van der Waals surface area contributed by atoms with E-state index in [1.54, 1.807) is 36.5 Å². The van der Waals surface area contributed by atoms with Crippen molar-refractivity contribution in [3.8, 4) is 17.4 Å². The second-order valence-corrected chi connectivity index (χ2v) is 6.21. The van der Waals surface area contributed by atoms with Crippen LogP contribution in [0.5, 0.6) is 17.4 Å². The molecular weight excluding hydrogens is 354 g/mol. The summed E-state index contributed by atoms with van der Waals surface area (Å²) in [6.45, 7) is 0.509. The van der Waals surface area contributed by atoms with Crippen LogP contribution < -0.4 is 9.47 Å². The first-order valence-electron chi connectivity index (χ1n) is 9.03. The van der Waals surface area contributed by atoms with Crippen molar-refractivity contribution < 1.29 is 14.3 Å². The predicted molar refractivity (Wildman–Crippen MR) is 106 cm³/mol. The third-order valence-corrected chi connectivity index (χ3v) is 4.24. The van der Waals surface area contributed by atoms with Gasteiger partial charge in [0, 0.05) is 18.7 Å². The first-order valence-corrected chi connectivity index (χ1v) is 9.03. The van der Waals surface area contributed by atoms with Crippen LogP contribution in [0, 0.1) is 0 Å². The Morgan fingerprint density at radius 1 is 0.929 bits per heavy atom. The maximum atomic E-state index is 12.4. The number of carbonyl (C=O) groups is 1. The Morgan fingerprint density at radius 3 is 2.43 bits per heavy atom. The Morgan fingerprint density at radius 2 is 1.68 bits per heavy atom. The third kappa shape index (κ3) is 4.35. The first kappa shape index (κ1) is 17.7. The minimum absolute atomic E-state index is 0.0635. The van der Waals surface area contributed by atoms with Gasteiger partial charge in [0.1, 0.15) is 11.5 Å². The molecule has 0 saturated carbocycles. The monoisotopic (exact) mass is 373 g/mol.